The van der Waals surface area contributed by atoms with E-state index in [0.29, 0.717) is 11.5 Å². The van der Waals surface area contributed by atoms with Crippen LogP contribution < -0.4 is 5.32 Å². The molecule has 3 rings (SSSR count). The van der Waals surface area contributed by atoms with E-state index >= 15 is 0 Å². The Bertz CT molecular complexity index is 529. The molecule has 2 aliphatic rings. The molecule has 1 aromatic carbocycles. The summed E-state index contributed by atoms with van der Waals surface area (Å²) in [6, 6.07) is 3.47. The Morgan fingerprint density at radius 1 is 1.08 bits per heavy atom. The van der Waals surface area contributed by atoms with E-state index in [2.05, 4.69) is 10.2 Å². The number of alkyl halides is 3. The summed E-state index contributed by atoms with van der Waals surface area (Å²) in [7, 11) is 0. The fourth-order valence-electron chi connectivity index (χ4n) is 3.44. The second kappa shape index (κ2) is 8.70. The van der Waals surface area contributed by atoms with Crippen molar-refractivity contribution in [3.8, 4) is 0 Å². The molecule has 1 heterocycles. The van der Waals surface area contributed by atoms with E-state index in [9.17, 15) is 17.6 Å². The van der Waals surface area contributed by atoms with E-state index in [1.54, 1.807) is 0 Å². The number of hydrogen-bond donors (Lipinski definition) is 1. The molecule has 0 radical (unpaired) electrons. The molecule has 1 saturated heterocycles. The zero-order valence-corrected chi connectivity index (χ0v) is 14.7. The zero-order chi connectivity index (χ0) is 15.7. The Kier molecular flexibility index (Phi) is 7.78. The molecule has 0 unspecified atom stereocenters. The molecule has 0 amide bonds. The minimum Gasteiger partial charge on any atom is -0.314 e. The number of nitrogens with zero attached hydrogens (tertiary/aromatic N) is 1. The Balaban J connectivity index is 0.00000144. The number of benzene rings is 1. The smallest absolute Gasteiger partial charge is 0.314 e. The molecule has 1 N–H and O–H groups in total. The number of nitrogens with one attached hydrogen (secondary N) is 1. The number of rotatable bonds is 3. The lowest BCUT2D eigenvalue weighted by atomic mass is 9.76. The Labute approximate surface area is 151 Å². The van der Waals surface area contributed by atoms with Crippen LogP contribution in [-0.2, 0) is 6.18 Å². The summed E-state index contributed by atoms with van der Waals surface area (Å²) in [5.41, 5.74) is -0.499. The lowest BCUT2D eigenvalue weighted by molar-refractivity contribution is -0.140. The summed E-state index contributed by atoms with van der Waals surface area (Å²) in [6.45, 7) is 3.44. The highest BCUT2D eigenvalue weighted by Gasteiger charge is 2.37. The van der Waals surface area contributed by atoms with Gasteiger partial charge in [-0.2, -0.15) is 13.2 Å². The van der Waals surface area contributed by atoms with Gasteiger partial charge in [-0.05, 0) is 36.5 Å². The van der Waals surface area contributed by atoms with Crippen LogP contribution >= 0.6 is 24.8 Å². The predicted octanol–water partition coefficient (Wildman–Crippen LogP) is 4.43. The minimum atomic E-state index is -4.64. The van der Waals surface area contributed by atoms with Crippen LogP contribution in [0.4, 0.5) is 17.6 Å². The van der Waals surface area contributed by atoms with Crippen LogP contribution in [0.1, 0.15) is 36.4 Å². The number of halogens is 6. The average Bonchev–Trinajstić information content (AvgIpc) is 2.42. The molecule has 0 spiro atoms. The van der Waals surface area contributed by atoms with E-state index in [4.69, 9.17) is 0 Å². The van der Waals surface area contributed by atoms with Gasteiger partial charge in [0.1, 0.15) is 5.82 Å². The molecular formula is C16H22Cl2F4N2. The van der Waals surface area contributed by atoms with E-state index in [1.165, 1.54) is 6.07 Å². The monoisotopic (exact) mass is 388 g/mol. The number of hydrogen-bond acceptors (Lipinski definition) is 2. The van der Waals surface area contributed by atoms with Gasteiger partial charge in [0.2, 0.25) is 0 Å². The second-order valence-electron chi connectivity index (χ2n) is 6.16. The summed E-state index contributed by atoms with van der Waals surface area (Å²) in [5, 5.41) is 3.27. The fourth-order valence-corrected chi connectivity index (χ4v) is 3.44. The summed E-state index contributed by atoms with van der Waals surface area (Å²) in [4.78, 5) is 2.28. The van der Waals surface area contributed by atoms with Crippen LogP contribution in [-0.4, -0.2) is 31.1 Å². The standard InChI is InChI=1S/C16H20F4N2.2ClH/c17-14-10-12(4-5-13(14)16(18,19)20)15(11-2-1-3-11)22-8-6-21-7-9-22;;/h4-5,10-11,15,21H,1-3,6-9H2;2*1H/t15-;;/m0../s1. The van der Waals surface area contributed by atoms with Crippen molar-refractivity contribution in [2.45, 2.75) is 31.5 Å². The molecule has 0 aromatic heterocycles. The van der Waals surface area contributed by atoms with Gasteiger partial charge in [-0.3, -0.25) is 4.90 Å². The van der Waals surface area contributed by atoms with Crippen molar-refractivity contribution >= 4 is 24.8 Å². The van der Waals surface area contributed by atoms with Gasteiger partial charge in [-0.15, -0.1) is 24.8 Å². The highest BCUT2D eigenvalue weighted by atomic mass is 35.5. The van der Waals surface area contributed by atoms with Crippen molar-refractivity contribution in [2.24, 2.45) is 5.92 Å². The SMILES string of the molecule is Cl.Cl.Fc1cc([C@H](C2CCC2)N2CCNCC2)ccc1C(F)(F)F. The van der Waals surface area contributed by atoms with Crippen LogP contribution in [0, 0.1) is 11.7 Å². The van der Waals surface area contributed by atoms with Gasteiger partial charge in [0.25, 0.3) is 0 Å². The highest BCUT2D eigenvalue weighted by Crippen LogP contribution is 2.42. The molecule has 8 heteroatoms. The highest BCUT2D eigenvalue weighted by molar-refractivity contribution is 5.85. The zero-order valence-electron chi connectivity index (χ0n) is 13.1. The third-order valence-electron chi connectivity index (χ3n) is 4.78. The number of piperazine rings is 1. The molecule has 138 valence electrons. The lowest BCUT2D eigenvalue weighted by Crippen LogP contribution is -2.47. The lowest BCUT2D eigenvalue weighted by Gasteiger charge is -2.43. The van der Waals surface area contributed by atoms with Gasteiger partial charge in [-0.25, -0.2) is 4.39 Å². The first-order valence-electron chi connectivity index (χ1n) is 7.78. The largest absolute Gasteiger partial charge is 0.419 e. The third kappa shape index (κ3) is 4.54. The Morgan fingerprint density at radius 3 is 2.17 bits per heavy atom. The molecule has 1 saturated carbocycles. The molecule has 0 bridgehead atoms. The molecule has 2 fully saturated rings. The average molecular weight is 389 g/mol. The molecule has 1 atom stereocenters. The maximum Gasteiger partial charge on any atom is 0.419 e. The summed E-state index contributed by atoms with van der Waals surface area (Å²) >= 11 is 0. The van der Waals surface area contributed by atoms with Gasteiger partial charge < -0.3 is 5.32 Å². The Hall–Kier alpha value is -0.560. The van der Waals surface area contributed by atoms with Crippen LogP contribution in [0.5, 0.6) is 0 Å². The van der Waals surface area contributed by atoms with E-state index < -0.39 is 17.6 Å². The Morgan fingerprint density at radius 2 is 1.71 bits per heavy atom. The molecule has 2 nitrogen and oxygen atoms in total. The van der Waals surface area contributed by atoms with E-state index in [-0.39, 0.29) is 30.9 Å². The molecule has 1 aliphatic heterocycles. The minimum absolute atomic E-state index is 0. The molecule has 1 aliphatic carbocycles. The van der Waals surface area contributed by atoms with Gasteiger partial charge in [0.05, 0.1) is 5.56 Å². The molecule has 1 aromatic rings. The van der Waals surface area contributed by atoms with Crippen LogP contribution in [0.15, 0.2) is 18.2 Å². The third-order valence-corrected chi connectivity index (χ3v) is 4.78. The summed E-state index contributed by atoms with van der Waals surface area (Å²) in [6.07, 6.45) is -1.35. The van der Waals surface area contributed by atoms with Gasteiger partial charge >= 0.3 is 6.18 Å². The predicted molar refractivity (Wildman–Crippen MR) is 90.4 cm³/mol. The van der Waals surface area contributed by atoms with E-state index in [1.807, 2.05) is 0 Å². The van der Waals surface area contributed by atoms with Crippen molar-refractivity contribution in [2.75, 3.05) is 26.2 Å². The molecular weight excluding hydrogens is 367 g/mol. The fraction of sp³-hybridized carbons (Fsp3) is 0.625. The van der Waals surface area contributed by atoms with Crippen LogP contribution in [0.3, 0.4) is 0 Å². The van der Waals surface area contributed by atoms with Crippen LogP contribution in [0.2, 0.25) is 0 Å². The van der Waals surface area contributed by atoms with Gasteiger partial charge in [-0.1, -0.05) is 12.5 Å². The van der Waals surface area contributed by atoms with E-state index in [0.717, 1.165) is 57.6 Å². The van der Waals surface area contributed by atoms with Crippen molar-refractivity contribution in [3.63, 3.8) is 0 Å². The van der Waals surface area contributed by atoms with Gasteiger partial charge in [0, 0.05) is 32.2 Å². The van der Waals surface area contributed by atoms with Crippen molar-refractivity contribution in [3.05, 3.63) is 35.1 Å². The maximum atomic E-state index is 13.9. The summed E-state index contributed by atoms with van der Waals surface area (Å²) < 4.78 is 52.0. The van der Waals surface area contributed by atoms with Crippen molar-refractivity contribution in [1.29, 1.82) is 0 Å². The molecule has 24 heavy (non-hydrogen) atoms. The van der Waals surface area contributed by atoms with Crippen molar-refractivity contribution < 1.29 is 17.6 Å². The first kappa shape index (κ1) is 21.5. The summed E-state index contributed by atoms with van der Waals surface area (Å²) in [5.74, 6) is -0.737. The normalized spacial score (nSPS) is 20.5. The van der Waals surface area contributed by atoms with Crippen molar-refractivity contribution in [1.82, 2.24) is 10.2 Å². The van der Waals surface area contributed by atoms with Crippen LogP contribution in [0.25, 0.3) is 0 Å². The van der Waals surface area contributed by atoms with Gasteiger partial charge in [0.15, 0.2) is 0 Å². The first-order valence-corrected chi connectivity index (χ1v) is 7.78. The quantitative estimate of drug-likeness (QED) is 0.770. The first-order chi connectivity index (χ1) is 10.5. The topological polar surface area (TPSA) is 15.3 Å². The maximum absolute atomic E-state index is 13.9. The second-order valence-corrected chi connectivity index (χ2v) is 6.16.